The van der Waals surface area contributed by atoms with E-state index in [1.165, 1.54) is 0 Å². The number of hydrogen-bond donors (Lipinski definition) is 1. The lowest BCUT2D eigenvalue weighted by molar-refractivity contribution is 0.209. The Hall–Kier alpha value is -0.720. The minimum atomic E-state index is -0.675. The van der Waals surface area contributed by atoms with Crippen LogP contribution in [0.4, 0.5) is 0 Å². The molecule has 4 nitrogen and oxygen atoms in total. The Labute approximate surface area is 99.7 Å². The van der Waals surface area contributed by atoms with E-state index in [4.69, 9.17) is 0 Å². The largest absolute Gasteiger partial charge is 0.382 e. The molecule has 0 spiro atoms. The molecule has 0 saturated carbocycles. The molecule has 15 heavy (non-hydrogen) atoms. The van der Waals surface area contributed by atoms with Crippen LogP contribution in [-0.4, -0.2) is 20.1 Å². The van der Waals surface area contributed by atoms with Gasteiger partial charge in [-0.1, -0.05) is 5.21 Å². The average Bonchev–Trinajstić information content (AvgIpc) is 2.73. The summed E-state index contributed by atoms with van der Waals surface area (Å²) in [6.07, 6.45) is -0.675. The lowest BCUT2D eigenvalue weighted by Gasteiger charge is -2.10. The molecule has 0 amide bonds. The molecule has 1 atom stereocenters. The van der Waals surface area contributed by atoms with Gasteiger partial charge < -0.3 is 5.11 Å². The van der Waals surface area contributed by atoms with Crippen molar-refractivity contribution in [3.05, 3.63) is 32.2 Å². The van der Waals surface area contributed by atoms with Crippen LogP contribution in [0.3, 0.4) is 0 Å². The molecule has 1 unspecified atom stereocenters. The summed E-state index contributed by atoms with van der Waals surface area (Å²) in [5, 5.41) is 21.8. The molecule has 0 aromatic carbocycles. The highest BCUT2D eigenvalue weighted by molar-refractivity contribution is 9.10. The predicted octanol–water partition coefficient (Wildman–Crippen LogP) is 2.03. The zero-order valence-corrected chi connectivity index (χ0v) is 10.7. The second kappa shape index (κ2) is 4.03. The van der Waals surface area contributed by atoms with Gasteiger partial charge in [-0.05, 0) is 39.2 Å². The molecule has 0 saturated heterocycles. The summed E-state index contributed by atoms with van der Waals surface area (Å²) in [6.45, 7) is 1.98. The van der Waals surface area contributed by atoms with Gasteiger partial charge in [0.05, 0.1) is 0 Å². The van der Waals surface area contributed by atoms with Crippen molar-refractivity contribution in [3.63, 3.8) is 0 Å². The monoisotopic (exact) mass is 287 g/mol. The summed E-state index contributed by atoms with van der Waals surface area (Å²) in [4.78, 5) is 0. The molecule has 6 heteroatoms. The molecule has 0 aliphatic heterocycles. The fourth-order valence-electron chi connectivity index (χ4n) is 1.43. The summed E-state index contributed by atoms with van der Waals surface area (Å²) < 4.78 is 2.16. The Bertz CT molecular complexity index is 460. The summed E-state index contributed by atoms with van der Waals surface area (Å²) in [6, 6.07) is 0. The highest BCUT2D eigenvalue weighted by atomic mass is 79.9. The van der Waals surface area contributed by atoms with Crippen LogP contribution in [0.2, 0.25) is 0 Å². The van der Waals surface area contributed by atoms with E-state index < -0.39 is 6.10 Å². The van der Waals surface area contributed by atoms with Gasteiger partial charge in [-0.3, -0.25) is 0 Å². The van der Waals surface area contributed by atoms with Crippen molar-refractivity contribution in [1.29, 1.82) is 0 Å². The first kappa shape index (κ1) is 10.8. The Morgan fingerprint density at radius 1 is 1.53 bits per heavy atom. The highest BCUT2D eigenvalue weighted by Crippen LogP contribution is 2.30. The van der Waals surface area contributed by atoms with Crippen LogP contribution >= 0.6 is 27.3 Å². The van der Waals surface area contributed by atoms with Crippen molar-refractivity contribution in [3.8, 4) is 0 Å². The summed E-state index contributed by atoms with van der Waals surface area (Å²) in [7, 11) is 1.76. The summed E-state index contributed by atoms with van der Waals surface area (Å²) in [5.41, 5.74) is 2.67. The molecule has 2 aromatic heterocycles. The zero-order chi connectivity index (χ0) is 11.0. The van der Waals surface area contributed by atoms with Gasteiger partial charge in [-0.2, -0.15) is 11.3 Å². The van der Waals surface area contributed by atoms with Crippen molar-refractivity contribution in [2.45, 2.75) is 13.0 Å². The second-order valence-electron chi connectivity index (χ2n) is 3.30. The number of aromatic nitrogens is 3. The minimum absolute atomic E-state index is 0.586. The lowest BCUT2D eigenvalue weighted by Crippen LogP contribution is -2.07. The quantitative estimate of drug-likeness (QED) is 0.920. The molecule has 2 rings (SSSR count). The molecule has 2 heterocycles. The van der Waals surface area contributed by atoms with Crippen LogP contribution in [0.1, 0.15) is 22.9 Å². The zero-order valence-electron chi connectivity index (χ0n) is 8.31. The number of nitrogens with zero attached hydrogens (tertiary/aromatic N) is 3. The average molecular weight is 288 g/mol. The second-order valence-corrected chi connectivity index (χ2v) is 4.80. The molecular weight excluding hydrogens is 278 g/mol. The van der Waals surface area contributed by atoms with Crippen LogP contribution in [0.25, 0.3) is 0 Å². The van der Waals surface area contributed by atoms with Gasteiger partial charge >= 0.3 is 0 Å². The third kappa shape index (κ3) is 1.84. The minimum Gasteiger partial charge on any atom is -0.382 e. The van der Waals surface area contributed by atoms with Crippen molar-refractivity contribution >= 4 is 27.3 Å². The van der Waals surface area contributed by atoms with Gasteiger partial charge in [-0.25, -0.2) is 4.68 Å². The number of hydrogen-bond acceptors (Lipinski definition) is 4. The van der Waals surface area contributed by atoms with E-state index in [1.54, 1.807) is 23.1 Å². The molecule has 2 aromatic rings. The van der Waals surface area contributed by atoms with Gasteiger partial charge in [0.2, 0.25) is 0 Å². The first-order valence-corrected chi connectivity index (χ1v) is 6.10. The highest BCUT2D eigenvalue weighted by Gasteiger charge is 2.21. The molecule has 0 bridgehead atoms. The standard InChI is InChI=1S/C9H10BrN3OS/c1-5-3-15-4-6(5)8(14)7-9(10)11-12-13(7)2/h3-4,8,14H,1-2H3. The van der Waals surface area contributed by atoms with Crippen LogP contribution in [-0.2, 0) is 7.05 Å². The van der Waals surface area contributed by atoms with Gasteiger partial charge in [0.15, 0.2) is 4.60 Å². The first-order valence-electron chi connectivity index (χ1n) is 4.37. The van der Waals surface area contributed by atoms with Gasteiger partial charge in [0, 0.05) is 12.6 Å². The maximum absolute atomic E-state index is 10.2. The normalized spacial score (nSPS) is 13.1. The SMILES string of the molecule is Cc1cscc1C(O)c1c(Br)nnn1C. The Morgan fingerprint density at radius 3 is 2.73 bits per heavy atom. The summed E-state index contributed by atoms with van der Waals surface area (Å²) >= 11 is 4.85. The Kier molecular flexibility index (Phi) is 2.90. The molecule has 80 valence electrons. The Morgan fingerprint density at radius 2 is 2.27 bits per heavy atom. The number of aliphatic hydroxyl groups is 1. The number of thiophene rings is 1. The van der Waals surface area contributed by atoms with E-state index in [2.05, 4.69) is 26.2 Å². The molecule has 0 radical (unpaired) electrons. The number of aryl methyl sites for hydroxylation is 2. The predicted molar refractivity (Wildman–Crippen MR) is 61.8 cm³/mol. The lowest BCUT2D eigenvalue weighted by atomic mass is 10.1. The van der Waals surface area contributed by atoms with Crippen molar-refractivity contribution in [1.82, 2.24) is 15.0 Å². The third-order valence-electron chi connectivity index (χ3n) is 2.28. The maximum atomic E-state index is 10.2. The molecular formula is C9H10BrN3OS. The van der Waals surface area contributed by atoms with E-state index >= 15 is 0 Å². The maximum Gasteiger partial charge on any atom is 0.154 e. The van der Waals surface area contributed by atoms with Crippen molar-refractivity contribution in [2.75, 3.05) is 0 Å². The fraction of sp³-hybridized carbons (Fsp3) is 0.333. The molecule has 0 aliphatic carbocycles. The van der Waals surface area contributed by atoms with Crippen molar-refractivity contribution < 1.29 is 5.11 Å². The van der Waals surface area contributed by atoms with Crippen LogP contribution < -0.4 is 0 Å². The van der Waals surface area contributed by atoms with Gasteiger partial charge in [0.25, 0.3) is 0 Å². The summed E-state index contributed by atoms with van der Waals surface area (Å²) in [5.74, 6) is 0. The molecule has 0 fully saturated rings. The Balaban J connectivity index is 2.45. The third-order valence-corrected chi connectivity index (χ3v) is 3.72. The number of rotatable bonds is 2. The molecule has 1 N–H and O–H groups in total. The van der Waals surface area contributed by atoms with Crippen LogP contribution in [0.15, 0.2) is 15.4 Å². The van der Waals surface area contributed by atoms with Crippen LogP contribution in [0, 0.1) is 6.92 Å². The van der Waals surface area contributed by atoms with E-state index in [0.717, 1.165) is 11.1 Å². The van der Waals surface area contributed by atoms with E-state index in [9.17, 15) is 5.11 Å². The van der Waals surface area contributed by atoms with E-state index in [-0.39, 0.29) is 0 Å². The molecule has 0 aliphatic rings. The smallest absolute Gasteiger partial charge is 0.154 e. The van der Waals surface area contributed by atoms with E-state index in [0.29, 0.717) is 10.3 Å². The van der Waals surface area contributed by atoms with Gasteiger partial charge in [0.1, 0.15) is 11.8 Å². The fourth-order valence-corrected chi connectivity index (χ4v) is 2.84. The van der Waals surface area contributed by atoms with E-state index in [1.807, 2.05) is 17.7 Å². The van der Waals surface area contributed by atoms with Crippen molar-refractivity contribution in [2.24, 2.45) is 7.05 Å². The number of halogens is 1. The first-order chi connectivity index (χ1) is 7.11. The van der Waals surface area contributed by atoms with Gasteiger partial charge in [-0.15, -0.1) is 5.10 Å². The topological polar surface area (TPSA) is 50.9 Å². The number of aliphatic hydroxyl groups excluding tert-OH is 1. The van der Waals surface area contributed by atoms with Crippen LogP contribution in [0.5, 0.6) is 0 Å².